The Morgan fingerprint density at radius 2 is 2.10 bits per heavy atom. The average Bonchev–Trinajstić information content (AvgIpc) is 3.06. The van der Waals surface area contributed by atoms with E-state index in [-0.39, 0.29) is 24.3 Å². The fourth-order valence-corrected chi connectivity index (χ4v) is 3.40. The van der Waals surface area contributed by atoms with Gasteiger partial charge < -0.3 is 20.1 Å². The second kappa shape index (κ2) is 9.43. The van der Waals surface area contributed by atoms with E-state index in [0.717, 1.165) is 22.2 Å². The van der Waals surface area contributed by atoms with Gasteiger partial charge in [-0.15, -0.1) is 0 Å². The number of ether oxygens (including phenoxy) is 2. The standard InChI is InChI=1S/C22H23N3O5/c1-25-10-15-7-14-5-3-4-6-18(14)24-22(15)19(25)8-17(16(11-26)13-29-2)20(12-27)30-21(28)9-23/h3-8,11-12,20H,9-10,13,23H2,1-2H3/b17-16-,19-8-. The summed E-state index contributed by atoms with van der Waals surface area (Å²) in [5, 5.41) is 1.03. The smallest absolute Gasteiger partial charge is 0.320 e. The lowest BCUT2D eigenvalue weighted by Gasteiger charge is -2.19. The number of fused-ring (bicyclic) bond motifs is 2. The molecule has 1 unspecified atom stereocenters. The van der Waals surface area contributed by atoms with Crippen LogP contribution in [0, 0.1) is 0 Å². The lowest BCUT2D eigenvalue weighted by Crippen LogP contribution is -2.28. The number of methoxy groups -OCH3 is 1. The Morgan fingerprint density at radius 3 is 2.77 bits per heavy atom. The number of carbonyl (C=O) groups excluding carboxylic acids is 3. The Morgan fingerprint density at radius 1 is 1.33 bits per heavy atom. The number of hydrogen-bond donors (Lipinski definition) is 1. The van der Waals surface area contributed by atoms with E-state index < -0.39 is 12.1 Å². The quantitative estimate of drug-likeness (QED) is 0.394. The minimum absolute atomic E-state index is 0.0468. The molecule has 1 aliphatic rings. The molecule has 2 aromatic rings. The molecule has 0 amide bonds. The van der Waals surface area contributed by atoms with E-state index in [1.54, 1.807) is 6.08 Å². The molecule has 8 heteroatoms. The van der Waals surface area contributed by atoms with Crippen molar-refractivity contribution < 1.29 is 23.9 Å². The number of benzene rings is 1. The van der Waals surface area contributed by atoms with Crippen LogP contribution in [0.2, 0.25) is 0 Å². The molecule has 1 aromatic carbocycles. The number of carbonyl (C=O) groups is 3. The monoisotopic (exact) mass is 409 g/mol. The Kier molecular flexibility index (Phi) is 6.71. The van der Waals surface area contributed by atoms with E-state index in [1.807, 2.05) is 36.2 Å². The highest BCUT2D eigenvalue weighted by molar-refractivity contribution is 5.86. The highest BCUT2D eigenvalue weighted by Gasteiger charge is 2.27. The lowest BCUT2D eigenvalue weighted by atomic mass is 10.0. The molecule has 1 atom stereocenters. The van der Waals surface area contributed by atoms with Gasteiger partial charge in [-0.3, -0.25) is 14.4 Å². The molecule has 0 bridgehead atoms. The van der Waals surface area contributed by atoms with Crippen molar-refractivity contribution in [3.05, 3.63) is 58.8 Å². The third-order valence-corrected chi connectivity index (χ3v) is 4.82. The molecule has 30 heavy (non-hydrogen) atoms. The Balaban J connectivity index is 2.15. The minimum atomic E-state index is -1.29. The minimum Gasteiger partial charge on any atom is -0.449 e. The van der Waals surface area contributed by atoms with Crippen molar-refractivity contribution in [3.8, 4) is 0 Å². The summed E-state index contributed by atoms with van der Waals surface area (Å²) in [5.74, 6) is -0.755. The van der Waals surface area contributed by atoms with Crippen LogP contribution in [0.15, 0.2) is 47.6 Å². The predicted molar refractivity (Wildman–Crippen MR) is 111 cm³/mol. The molecule has 3 rings (SSSR count). The van der Waals surface area contributed by atoms with Gasteiger partial charge in [0.1, 0.15) is 6.29 Å². The van der Waals surface area contributed by atoms with Crippen LogP contribution in [-0.4, -0.2) is 61.8 Å². The molecule has 8 nitrogen and oxygen atoms in total. The van der Waals surface area contributed by atoms with Gasteiger partial charge in [0.2, 0.25) is 0 Å². The van der Waals surface area contributed by atoms with Crippen molar-refractivity contribution >= 4 is 35.1 Å². The number of pyridine rings is 1. The van der Waals surface area contributed by atoms with Crippen LogP contribution >= 0.6 is 0 Å². The third-order valence-electron chi connectivity index (χ3n) is 4.82. The van der Waals surface area contributed by atoms with Gasteiger partial charge in [-0.25, -0.2) is 4.98 Å². The van der Waals surface area contributed by atoms with Crippen LogP contribution in [0.1, 0.15) is 11.3 Å². The number of aromatic nitrogens is 1. The zero-order chi connectivity index (χ0) is 21.7. The van der Waals surface area contributed by atoms with Crippen LogP contribution in [0.4, 0.5) is 0 Å². The number of nitrogens with zero attached hydrogens (tertiary/aromatic N) is 2. The first kappa shape index (κ1) is 21.4. The van der Waals surface area contributed by atoms with Crippen molar-refractivity contribution in [2.24, 2.45) is 5.73 Å². The molecule has 0 aliphatic carbocycles. The number of para-hydroxylation sites is 1. The van der Waals surface area contributed by atoms with Crippen molar-refractivity contribution in [2.45, 2.75) is 12.6 Å². The molecule has 156 valence electrons. The number of hydrogen-bond acceptors (Lipinski definition) is 8. The molecule has 0 spiro atoms. The fraction of sp³-hybridized carbons (Fsp3) is 0.273. The van der Waals surface area contributed by atoms with Gasteiger partial charge >= 0.3 is 5.97 Å². The average molecular weight is 409 g/mol. The molecular formula is C22H23N3O5. The maximum Gasteiger partial charge on any atom is 0.320 e. The molecule has 0 saturated heterocycles. The van der Waals surface area contributed by atoms with Gasteiger partial charge in [-0.2, -0.15) is 0 Å². The van der Waals surface area contributed by atoms with Crippen LogP contribution in [0.5, 0.6) is 0 Å². The van der Waals surface area contributed by atoms with Gasteiger partial charge in [-0.1, -0.05) is 18.2 Å². The van der Waals surface area contributed by atoms with Crippen molar-refractivity contribution in [1.82, 2.24) is 9.88 Å². The van der Waals surface area contributed by atoms with E-state index in [2.05, 4.69) is 6.07 Å². The summed E-state index contributed by atoms with van der Waals surface area (Å²) in [6, 6.07) is 9.84. The molecule has 2 heterocycles. The topological polar surface area (TPSA) is 112 Å². The van der Waals surface area contributed by atoms with E-state index in [0.29, 0.717) is 24.8 Å². The summed E-state index contributed by atoms with van der Waals surface area (Å²) in [5.41, 5.74) is 9.02. The maximum atomic E-state index is 11.7. The second-order valence-corrected chi connectivity index (χ2v) is 6.86. The molecule has 0 radical (unpaired) electrons. The number of aldehydes is 2. The van der Waals surface area contributed by atoms with Crippen molar-refractivity contribution in [3.63, 3.8) is 0 Å². The number of nitrogens with two attached hydrogens (primary N) is 1. The lowest BCUT2D eigenvalue weighted by molar-refractivity contribution is -0.148. The largest absolute Gasteiger partial charge is 0.449 e. The van der Waals surface area contributed by atoms with E-state index >= 15 is 0 Å². The highest BCUT2D eigenvalue weighted by atomic mass is 16.5. The summed E-state index contributed by atoms with van der Waals surface area (Å²) >= 11 is 0. The van der Waals surface area contributed by atoms with Gasteiger partial charge in [0, 0.05) is 37.2 Å². The summed E-state index contributed by atoms with van der Waals surface area (Å²) in [4.78, 5) is 41.9. The second-order valence-electron chi connectivity index (χ2n) is 6.86. The van der Waals surface area contributed by atoms with Crippen LogP contribution in [0.25, 0.3) is 16.6 Å². The fourth-order valence-electron chi connectivity index (χ4n) is 3.40. The zero-order valence-corrected chi connectivity index (χ0v) is 16.8. The first-order chi connectivity index (χ1) is 14.5. The van der Waals surface area contributed by atoms with Crippen molar-refractivity contribution in [2.75, 3.05) is 27.3 Å². The SMILES string of the molecule is COC/C(C=O)=C(/C=C1/c2nc3ccccc3cc2CN1C)C(C=O)OC(=O)CN. The molecule has 1 aromatic heterocycles. The molecule has 0 fully saturated rings. The summed E-state index contributed by atoms with van der Waals surface area (Å²) in [7, 11) is 3.31. The molecule has 0 saturated carbocycles. The molecule has 2 N–H and O–H groups in total. The molecular weight excluding hydrogens is 386 g/mol. The van der Waals surface area contributed by atoms with Gasteiger partial charge in [0.25, 0.3) is 0 Å². The normalized spacial score (nSPS) is 16.2. The van der Waals surface area contributed by atoms with Crippen LogP contribution < -0.4 is 5.73 Å². The third kappa shape index (κ3) is 4.29. The summed E-state index contributed by atoms with van der Waals surface area (Å²) in [6.07, 6.45) is 1.41. The Hall–Kier alpha value is -3.36. The Labute approximate surface area is 174 Å². The van der Waals surface area contributed by atoms with Gasteiger partial charge in [0.05, 0.1) is 30.1 Å². The first-order valence-corrected chi connectivity index (χ1v) is 9.36. The van der Waals surface area contributed by atoms with Gasteiger partial charge in [0.15, 0.2) is 12.4 Å². The highest BCUT2D eigenvalue weighted by Crippen LogP contribution is 2.34. The van der Waals surface area contributed by atoms with E-state index in [1.165, 1.54) is 7.11 Å². The van der Waals surface area contributed by atoms with Crippen LogP contribution in [0.3, 0.4) is 0 Å². The van der Waals surface area contributed by atoms with Crippen molar-refractivity contribution in [1.29, 1.82) is 0 Å². The van der Waals surface area contributed by atoms with E-state index in [4.69, 9.17) is 20.2 Å². The first-order valence-electron chi connectivity index (χ1n) is 9.36. The Bertz CT molecular complexity index is 1040. The predicted octanol–water partition coefficient (Wildman–Crippen LogP) is 1.23. The summed E-state index contributed by atoms with van der Waals surface area (Å²) in [6.45, 7) is 0.182. The van der Waals surface area contributed by atoms with E-state index in [9.17, 15) is 14.4 Å². The van der Waals surface area contributed by atoms with Gasteiger partial charge in [-0.05, 0) is 23.8 Å². The maximum absolute atomic E-state index is 11.7. The van der Waals surface area contributed by atoms with Crippen LogP contribution in [-0.2, 0) is 30.4 Å². The number of rotatable bonds is 8. The molecule has 1 aliphatic heterocycles. The zero-order valence-electron chi connectivity index (χ0n) is 16.8. The summed E-state index contributed by atoms with van der Waals surface area (Å²) < 4.78 is 10.2. The number of esters is 1.